The number of hydrogen-bond acceptors (Lipinski definition) is 3. The molecule has 0 aliphatic carbocycles. The van der Waals surface area contributed by atoms with Crippen LogP contribution in [0.3, 0.4) is 0 Å². The van der Waals surface area contributed by atoms with Gasteiger partial charge in [-0.3, -0.25) is 0 Å². The molecule has 2 rings (SSSR count). The van der Waals surface area contributed by atoms with Gasteiger partial charge in [-0.15, -0.1) is 0 Å². The van der Waals surface area contributed by atoms with Gasteiger partial charge < -0.3 is 10.3 Å². The van der Waals surface area contributed by atoms with Crippen molar-refractivity contribution in [1.29, 1.82) is 5.26 Å². The smallest absolute Gasteiger partial charge is 0.128 e. The van der Waals surface area contributed by atoms with Crippen molar-refractivity contribution in [3.8, 4) is 6.07 Å². The lowest BCUT2D eigenvalue weighted by Gasteiger charge is -2.14. The van der Waals surface area contributed by atoms with Crippen molar-refractivity contribution < 1.29 is 0 Å². The summed E-state index contributed by atoms with van der Waals surface area (Å²) in [5.74, 6) is 0.823. The summed E-state index contributed by atoms with van der Waals surface area (Å²) in [6.45, 7) is 1.97. The summed E-state index contributed by atoms with van der Waals surface area (Å²) in [6.07, 6.45) is 3.46. The second-order valence-corrected chi connectivity index (χ2v) is 4.08. The maximum Gasteiger partial charge on any atom is 0.128 e. The lowest BCUT2D eigenvalue weighted by molar-refractivity contribution is 0.810. The molecule has 5 heteroatoms. The predicted octanol–water partition coefficient (Wildman–Crippen LogP) is 3.11. The van der Waals surface area contributed by atoms with Crippen LogP contribution in [0.2, 0.25) is 5.02 Å². The van der Waals surface area contributed by atoms with E-state index < -0.39 is 0 Å². The molecule has 4 nitrogen and oxygen atoms in total. The minimum Gasteiger partial charge on any atom is -0.374 e. The van der Waals surface area contributed by atoms with E-state index in [1.807, 2.05) is 6.92 Å². The van der Waals surface area contributed by atoms with Gasteiger partial charge >= 0.3 is 0 Å². The highest BCUT2D eigenvalue weighted by atomic mass is 35.5. The fourth-order valence-corrected chi connectivity index (χ4v) is 1.72. The van der Waals surface area contributed by atoms with Gasteiger partial charge in [0.05, 0.1) is 17.3 Å². The lowest BCUT2D eigenvalue weighted by Crippen LogP contribution is -2.09. The zero-order chi connectivity index (χ0) is 12.3. The van der Waals surface area contributed by atoms with E-state index in [4.69, 9.17) is 16.9 Å². The topological polar surface area (TPSA) is 64.5 Å². The Kier molecular flexibility index (Phi) is 3.31. The first kappa shape index (κ1) is 11.5. The second kappa shape index (κ2) is 4.89. The standard InChI is InChI=1S/C12H11ClN4/c1-8(12-15-4-5-16-12)17-11-3-2-10(13)6-9(11)7-14/h2-6,8,17H,1H3,(H,15,16). The Morgan fingerprint density at radius 2 is 2.35 bits per heavy atom. The fourth-order valence-electron chi connectivity index (χ4n) is 1.55. The molecule has 0 spiro atoms. The van der Waals surface area contributed by atoms with Crippen LogP contribution in [0.25, 0.3) is 0 Å². The van der Waals surface area contributed by atoms with Crippen LogP contribution in [0.5, 0.6) is 0 Å². The molecule has 1 unspecified atom stereocenters. The van der Waals surface area contributed by atoms with Crippen LogP contribution in [-0.4, -0.2) is 9.97 Å². The summed E-state index contributed by atoms with van der Waals surface area (Å²) >= 11 is 5.83. The van der Waals surface area contributed by atoms with E-state index in [1.54, 1.807) is 30.6 Å². The number of nitrogens with one attached hydrogen (secondary N) is 2. The third-order valence-corrected chi connectivity index (χ3v) is 2.64. The number of halogens is 1. The number of hydrogen-bond donors (Lipinski definition) is 2. The highest BCUT2D eigenvalue weighted by Gasteiger charge is 2.10. The Morgan fingerprint density at radius 3 is 3.00 bits per heavy atom. The molecule has 0 fully saturated rings. The number of nitriles is 1. The van der Waals surface area contributed by atoms with Gasteiger partial charge in [-0.2, -0.15) is 5.26 Å². The summed E-state index contributed by atoms with van der Waals surface area (Å²) in [6, 6.07) is 7.29. The van der Waals surface area contributed by atoms with Crippen molar-refractivity contribution in [2.24, 2.45) is 0 Å². The average Bonchev–Trinajstić information content (AvgIpc) is 2.85. The maximum absolute atomic E-state index is 9.01. The van der Waals surface area contributed by atoms with Gasteiger partial charge in [-0.1, -0.05) is 11.6 Å². The van der Waals surface area contributed by atoms with Crippen LogP contribution in [0.1, 0.15) is 24.4 Å². The van der Waals surface area contributed by atoms with Gasteiger partial charge in [-0.05, 0) is 25.1 Å². The monoisotopic (exact) mass is 246 g/mol. The van der Waals surface area contributed by atoms with Crippen molar-refractivity contribution in [2.75, 3.05) is 5.32 Å². The summed E-state index contributed by atoms with van der Waals surface area (Å²) in [5.41, 5.74) is 1.27. The lowest BCUT2D eigenvalue weighted by atomic mass is 10.1. The molecule has 17 heavy (non-hydrogen) atoms. The molecule has 1 heterocycles. The van der Waals surface area contributed by atoms with Gasteiger partial charge in [0.15, 0.2) is 0 Å². The minimum absolute atomic E-state index is 0.00160. The summed E-state index contributed by atoms with van der Waals surface area (Å²) in [7, 11) is 0. The summed E-state index contributed by atoms with van der Waals surface area (Å²) < 4.78 is 0. The van der Waals surface area contributed by atoms with Gasteiger partial charge in [0.2, 0.25) is 0 Å². The molecule has 0 aliphatic heterocycles. The number of anilines is 1. The fraction of sp³-hybridized carbons (Fsp3) is 0.167. The van der Waals surface area contributed by atoms with Crippen molar-refractivity contribution in [3.63, 3.8) is 0 Å². The molecule has 2 N–H and O–H groups in total. The van der Waals surface area contributed by atoms with Crippen LogP contribution in [-0.2, 0) is 0 Å². The minimum atomic E-state index is -0.00160. The normalized spacial score (nSPS) is 11.8. The molecule has 0 bridgehead atoms. The molecule has 0 saturated heterocycles. The van der Waals surface area contributed by atoms with Crippen LogP contribution >= 0.6 is 11.6 Å². The SMILES string of the molecule is CC(Nc1ccc(Cl)cc1C#N)c1ncc[nH]1. The molecule has 0 amide bonds. The average molecular weight is 247 g/mol. The molecule has 86 valence electrons. The van der Waals surface area contributed by atoms with Crippen molar-refractivity contribution >= 4 is 17.3 Å². The van der Waals surface area contributed by atoms with E-state index in [1.165, 1.54) is 0 Å². The van der Waals surface area contributed by atoms with Crippen LogP contribution in [0, 0.1) is 11.3 Å². The number of H-pyrrole nitrogens is 1. The third-order valence-electron chi connectivity index (χ3n) is 2.40. The van der Waals surface area contributed by atoms with Gasteiger partial charge in [0, 0.05) is 17.4 Å². The largest absolute Gasteiger partial charge is 0.374 e. The first-order valence-electron chi connectivity index (χ1n) is 5.16. The predicted molar refractivity (Wildman–Crippen MR) is 66.8 cm³/mol. The molecular weight excluding hydrogens is 236 g/mol. The molecule has 0 aliphatic rings. The van der Waals surface area contributed by atoms with Gasteiger partial charge in [-0.25, -0.2) is 4.98 Å². The molecule has 0 saturated carbocycles. The zero-order valence-corrected chi connectivity index (χ0v) is 9.99. The molecule has 1 atom stereocenters. The van der Waals surface area contributed by atoms with Gasteiger partial charge in [0.1, 0.15) is 11.9 Å². The van der Waals surface area contributed by atoms with E-state index in [0.29, 0.717) is 10.6 Å². The zero-order valence-electron chi connectivity index (χ0n) is 9.24. The number of aromatic amines is 1. The Hall–Kier alpha value is -1.99. The van der Waals surface area contributed by atoms with E-state index in [2.05, 4.69) is 21.4 Å². The summed E-state index contributed by atoms with van der Waals surface area (Å²) in [4.78, 5) is 7.18. The molecule has 1 aromatic carbocycles. The number of benzene rings is 1. The van der Waals surface area contributed by atoms with Gasteiger partial charge in [0.25, 0.3) is 0 Å². The van der Waals surface area contributed by atoms with Crippen molar-refractivity contribution in [2.45, 2.75) is 13.0 Å². The van der Waals surface area contributed by atoms with Crippen molar-refractivity contribution in [1.82, 2.24) is 9.97 Å². The third kappa shape index (κ3) is 2.58. The number of imidazole rings is 1. The first-order valence-corrected chi connectivity index (χ1v) is 5.54. The molecular formula is C12H11ClN4. The Labute approximate surface area is 104 Å². The van der Waals surface area contributed by atoms with E-state index in [9.17, 15) is 0 Å². The Balaban J connectivity index is 2.22. The first-order chi connectivity index (χ1) is 8.20. The number of rotatable bonds is 3. The molecule has 0 radical (unpaired) electrons. The highest BCUT2D eigenvalue weighted by molar-refractivity contribution is 6.30. The maximum atomic E-state index is 9.01. The quantitative estimate of drug-likeness (QED) is 0.875. The van der Waals surface area contributed by atoms with Crippen LogP contribution in [0.4, 0.5) is 5.69 Å². The Bertz CT molecular complexity index is 542. The summed E-state index contributed by atoms with van der Waals surface area (Å²) in [5, 5.41) is 12.8. The number of aromatic nitrogens is 2. The van der Waals surface area contributed by atoms with Crippen LogP contribution in [0.15, 0.2) is 30.6 Å². The van der Waals surface area contributed by atoms with Crippen molar-refractivity contribution in [3.05, 3.63) is 47.0 Å². The van der Waals surface area contributed by atoms with Crippen LogP contribution < -0.4 is 5.32 Å². The van der Waals surface area contributed by atoms with E-state index >= 15 is 0 Å². The Morgan fingerprint density at radius 1 is 1.53 bits per heavy atom. The second-order valence-electron chi connectivity index (χ2n) is 3.64. The highest BCUT2D eigenvalue weighted by Crippen LogP contribution is 2.23. The molecule has 2 aromatic rings. The van der Waals surface area contributed by atoms with E-state index in [0.717, 1.165) is 11.5 Å². The molecule has 1 aromatic heterocycles. The number of nitrogens with zero attached hydrogens (tertiary/aromatic N) is 2. The van der Waals surface area contributed by atoms with E-state index in [-0.39, 0.29) is 6.04 Å².